The van der Waals surface area contributed by atoms with Gasteiger partial charge in [0.25, 0.3) is 0 Å². The van der Waals surface area contributed by atoms with Gasteiger partial charge in [-0.2, -0.15) is 15.0 Å². The molecular weight excluding hydrogens is 605 g/mol. The second kappa shape index (κ2) is 14.1. The van der Waals surface area contributed by atoms with Crippen molar-refractivity contribution in [3.8, 4) is 5.75 Å². The van der Waals surface area contributed by atoms with E-state index in [0.29, 0.717) is 17.8 Å². The Morgan fingerprint density at radius 1 is 0.367 bits per heavy atom. The van der Waals surface area contributed by atoms with Crippen molar-refractivity contribution in [1.82, 2.24) is 15.0 Å². The summed E-state index contributed by atoms with van der Waals surface area (Å²) in [6.45, 7) is 4.18. The minimum absolute atomic E-state index is 0.446. The highest BCUT2D eigenvalue weighted by atomic mass is 16.5. The normalized spacial score (nSPS) is 10.8. The van der Waals surface area contributed by atoms with Gasteiger partial charge >= 0.3 is 0 Å². The van der Waals surface area contributed by atoms with Crippen molar-refractivity contribution in [3.05, 3.63) is 175 Å². The van der Waals surface area contributed by atoms with Gasteiger partial charge in [-0.25, -0.2) is 0 Å². The molecule has 7 aromatic rings. The standard InChI is InChI=1S/C42H36N6O/c1-31-16-13-24-36(28-31)46(33-18-7-4-8-19-33)40-43-41(47(34-20-9-5-10-21-34)37-25-14-17-32(2)29-37)45-42(44-40)48(35-22-11-6-12-23-35)38-26-15-27-39(30-38)49-3/h4-30H,1-3H3. The van der Waals surface area contributed by atoms with Crippen LogP contribution in [0.2, 0.25) is 0 Å². The van der Waals surface area contributed by atoms with Gasteiger partial charge in [-0.15, -0.1) is 0 Å². The number of hydrogen-bond donors (Lipinski definition) is 0. The summed E-state index contributed by atoms with van der Waals surface area (Å²) in [7, 11) is 1.67. The summed E-state index contributed by atoms with van der Waals surface area (Å²) in [6, 6.07) is 55.2. The molecule has 0 fully saturated rings. The van der Waals surface area contributed by atoms with Crippen molar-refractivity contribution < 1.29 is 4.74 Å². The molecule has 1 aromatic heterocycles. The number of nitrogens with zero attached hydrogens (tertiary/aromatic N) is 6. The monoisotopic (exact) mass is 640 g/mol. The quantitative estimate of drug-likeness (QED) is 0.147. The Labute approximate surface area is 287 Å². The molecule has 1 heterocycles. The van der Waals surface area contributed by atoms with E-state index in [1.807, 2.05) is 95.9 Å². The third-order valence-corrected chi connectivity index (χ3v) is 8.07. The molecule has 0 spiro atoms. The van der Waals surface area contributed by atoms with E-state index in [1.54, 1.807) is 7.11 Å². The van der Waals surface area contributed by atoms with Gasteiger partial charge < -0.3 is 4.74 Å². The summed E-state index contributed by atoms with van der Waals surface area (Å²) in [6.07, 6.45) is 0. The van der Waals surface area contributed by atoms with Crippen LogP contribution in [-0.4, -0.2) is 22.1 Å². The lowest BCUT2D eigenvalue weighted by molar-refractivity contribution is 0.415. The fraction of sp³-hybridized carbons (Fsp3) is 0.0714. The van der Waals surface area contributed by atoms with Gasteiger partial charge in [0, 0.05) is 34.5 Å². The Morgan fingerprint density at radius 3 is 1.04 bits per heavy atom. The zero-order valence-corrected chi connectivity index (χ0v) is 27.7. The van der Waals surface area contributed by atoms with Gasteiger partial charge in [-0.3, -0.25) is 14.7 Å². The fourth-order valence-electron chi connectivity index (χ4n) is 5.80. The van der Waals surface area contributed by atoms with Gasteiger partial charge in [-0.05, 0) is 97.8 Å². The van der Waals surface area contributed by atoms with Crippen LogP contribution >= 0.6 is 0 Å². The third-order valence-electron chi connectivity index (χ3n) is 8.07. The van der Waals surface area contributed by atoms with E-state index in [-0.39, 0.29) is 0 Å². The molecule has 240 valence electrons. The average Bonchev–Trinajstić information content (AvgIpc) is 3.14. The SMILES string of the molecule is COc1cccc(N(c2ccccc2)c2nc(N(c3ccccc3)c3cccc(C)c3)nc(N(c3ccccc3)c3cccc(C)c3)n2)c1. The van der Waals surface area contributed by atoms with E-state index >= 15 is 0 Å². The van der Waals surface area contributed by atoms with Crippen molar-refractivity contribution in [2.45, 2.75) is 13.8 Å². The first-order valence-corrected chi connectivity index (χ1v) is 16.2. The zero-order valence-electron chi connectivity index (χ0n) is 27.7. The summed E-state index contributed by atoms with van der Waals surface area (Å²) >= 11 is 0. The Morgan fingerprint density at radius 2 is 0.694 bits per heavy atom. The van der Waals surface area contributed by atoms with E-state index in [4.69, 9.17) is 19.7 Å². The second-order valence-electron chi connectivity index (χ2n) is 11.6. The molecule has 49 heavy (non-hydrogen) atoms. The summed E-state index contributed by atoms with van der Waals surface area (Å²) < 4.78 is 5.66. The number of para-hydroxylation sites is 3. The second-order valence-corrected chi connectivity index (χ2v) is 11.6. The predicted molar refractivity (Wildman–Crippen MR) is 200 cm³/mol. The lowest BCUT2D eigenvalue weighted by Crippen LogP contribution is -2.22. The molecule has 7 nitrogen and oxygen atoms in total. The summed E-state index contributed by atoms with van der Waals surface area (Å²) in [4.78, 5) is 22.0. The van der Waals surface area contributed by atoms with Crippen LogP contribution in [0.5, 0.6) is 5.75 Å². The van der Waals surface area contributed by atoms with Crippen LogP contribution in [0.1, 0.15) is 11.1 Å². The number of benzene rings is 6. The van der Waals surface area contributed by atoms with Crippen molar-refractivity contribution in [2.24, 2.45) is 0 Å². The van der Waals surface area contributed by atoms with Crippen LogP contribution in [0.25, 0.3) is 0 Å². The largest absolute Gasteiger partial charge is 0.497 e. The molecule has 0 bridgehead atoms. The van der Waals surface area contributed by atoms with Crippen LogP contribution in [0, 0.1) is 13.8 Å². The van der Waals surface area contributed by atoms with E-state index in [9.17, 15) is 0 Å². The highest BCUT2D eigenvalue weighted by molar-refractivity contribution is 5.80. The third kappa shape index (κ3) is 6.82. The molecule has 0 saturated heterocycles. The maximum atomic E-state index is 5.66. The molecular formula is C42H36N6O. The first-order chi connectivity index (χ1) is 24.1. The predicted octanol–water partition coefficient (Wildman–Crippen LogP) is 10.9. The number of methoxy groups -OCH3 is 1. The number of aromatic nitrogens is 3. The molecule has 0 aliphatic rings. The van der Waals surface area contributed by atoms with Crippen molar-refractivity contribution in [3.63, 3.8) is 0 Å². The first kappa shape index (κ1) is 31.1. The van der Waals surface area contributed by atoms with Crippen LogP contribution < -0.4 is 19.4 Å². The highest BCUT2D eigenvalue weighted by Gasteiger charge is 2.26. The smallest absolute Gasteiger partial charge is 0.241 e. The summed E-state index contributed by atoms with van der Waals surface area (Å²) in [5, 5.41) is 0. The maximum absolute atomic E-state index is 5.66. The maximum Gasteiger partial charge on any atom is 0.241 e. The van der Waals surface area contributed by atoms with E-state index in [0.717, 1.165) is 51.0 Å². The molecule has 0 amide bonds. The molecule has 0 saturated carbocycles. The molecule has 7 heteroatoms. The number of ether oxygens (including phenoxy) is 1. The minimum atomic E-state index is 0.446. The van der Waals surface area contributed by atoms with E-state index in [1.165, 1.54) is 0 Å². The van der Waals surface area contributed by atoms with Crippen LogP contribution in [0.3, 0.4) is 0 Å². The van der Waals surface area contributed by atoms with Crippen LogP contribution in [-0.2, 0) is 0 Å². The van der Waals surface area contributed by atoms with Gasteiger partial charge in [0.1, 0.15) is 5.75 Å². The van der Waals surface area contributed by atoms with Crippen molar-refractivity contribution in [1.29, 1.82) is 0 Å². The fourth-order valence-corrected chi connectivity index (χ4v) is 5.80. The molecule has 6 aromatic carbocycles. The Kier molecular flexibility index (Phi) is 8.97. The molecule has 0 atom stereocenters. The van der Waals surface area contributed by atoms with Gasteiger partial charge in [0.2, 0.25) is 17.8 Å². The summed E-state index contributed by atoms with van der Waals surface area (Å²) in [5.41, 5.74) is 7.70. The van der Waals surface area contributed by atoms with Gasteiger partial charge in [0.05, 0.1) is 12.8 Å². The van der Waals surface area contributed by atoms with E-state index in [2.05, 4.69) is 96.4 Å². The minimum Gasteiger partial charge on any atom is -0.497 e. The summed E-state index contributed by atoms with van der Waals surface area (Å²) in [5.74, 6) is 2.11. The van der Waals surface area contributed by atoms with Crippen LogP contribution in [0.4, 0.5) is 52.0 Å². The van der Waals surface area contributed by atoms with E-state index < -0.39 is 0 Å². The first-order valence-electron chi connectivity index (χ1n) is 16.2. The number of rotatable bonds is 10. The Hall–Kier alpha value is -6.47. The molecule has 0 aliphatic carbocycles. The molecule has 0 unspecified atom stereocenters. The van der Waals surface area contributed by atoms with Crippen molar-refractivity contribution in [2.75, 3.05) is 21.8 Å². The lowest BCUT2D eigenvalue weighted by Gasteiger charge is -2.30. The molecule has 0 aliphatic heterocycles. The van der Waals surface area contributed by atoms with Gasteiger partial charge in [0.15, 0.2) is 0 Å². The average molecular weight is 641 g/mol. The van der Waals surface area contributed by atoms with Crippen LogP contribution in [0.15, 0.2) is 164 Å². The molecule has 7 rings (SSSR count). The molecule has 0 radical (unpaired) electrons. The highest BCUT2D eigenvalue weighted by Crippen LogP contribution is 2.41. The zero-order chi connectivity index (χ0) is 33.6. The van der Waals surface area contributed by atoms with Crippen molar-refractivity contribution >= 4 is 52.0 Å². The number of aryl methyl sites for hydroxylation is 2. The lowest BCUT2D eigenvalue weighted by atomic mass is 10.2. The topological polar surface area (TPSA) is 57.6 Å². The number of anilines is 9. The molecule has 0 N–H and O–H groups in total. The Balaban J connectivity index is 1.55. The number of hydrogen-bond acceptors (Lipinski definition) is 7. The van der Waals surface area contributed by atoms with Gasteiger partial charge in [-0.1, -0.05) is 84.9 Å². The Bertz CT molecular complexity index is 2050.